The SMILES string of the molecule is CC(NC(=O)C1CCCN1S(=O)(=O)c1ccc(Cl)s1)c1cccc(-c2ccc(C(F)(F)F)cc2)c1. The van der Waals surface area contributed by atoms with Crippen LogP contribution < -0.4 is 5.32 Å². The fourth-order valence-electron chi connectivity index (χ4n) is 4.07. The van der Waals surface area contributed by atoms with Crippen LogP contribution in [0.4, 0.5) is 13.2 Å². The molecule has 11 heteroatoms. The number of hydrogen-bond acceptors (Lipinski definition) is 4. The third-order valence-electron chi connectivity index (χ3n) is 5.91. The molecule has 0 aliphatic carbocycles. The third-order valence-corrected chi connectivity index (χ3v) is 9.52. The first-order chi connectivity index (χ1) is 16.5. The molecule has 3 aromatic rings. The molecule has 186 valence electrons. The van der Waals surface area contributed by atoms with Crippen LogP contribution in [0.15, 0.2) is 64.9 Å². The fourth-order valence-corrected chi connectivity index (χ4v) is 7.34. The molecule has 0 radical (unpaired) electrons. The number of halogens is 4. The summed E-state index contributed by atoms with van der Waals surface area (Å²) in [4.78, 5) is 13.1. The van der Waals surface area contributed by atoms with E-state index in [1.807, 2.05) is 0 Å². The molecule has 1 aliphatic rings. The summed E-state index contributed by atoms with van der Waals surface area (Å²) in [5, 5.41) is 2.89. The Labute approximate surface area is 210 Å². The first kappa shape index (κ1) is 25.7. The second-order valence-electron chi connectivity index (χ2n) is 8.26. The average molecular weight is 543 g/mol. The van der Waals surface area contributed by atoms with E-state index in [1.54, 1.807) is 31.2 Å². The molecular weight excluding hydrogens is 521 g/mol. The first-order valence-corrected chi connectivity index (χ1v) is 13.5. The minimum absolute atomic E-state index is 0.0968. The van der Waals surface area contributed by atoms with Crippen LogP contribution in [0.1, 0.15) is 36.9 Å². The third kappa shape index (κ3) is 5.55. The van der Waals surface area contributed by atoms with Gasteiger partial charge in [-0.05, 0) is 66.8 Å². The van der Waals surface area contributed by atoms with Crippen LogP contribution in [0.3, 0.4) is 0 Å². The Balaban J connectivity index is 1.49. The van der Waals surface area contributed by atoms with Gasteiger partial charge in [0.05, 0.1) is 15.9 Å². The van der Waals surface area contributed by atoms with Crippen LogP contribution in [0, 0.1) is 0 Å². The summed E-state index contributed by atoms with van der Waals surface area (Å²) in [7, 11) is -3.84. The Morgan fingerprint density at radius 1 is 1.11 bits per heavy atom. The van der Waals surface area contributed by atoms with Gasteiger partial charge in [-0.15, -0.1) is 11.3 Å². The van der Waals surface area contributed by atoms with Gasteiger partial charge in [0.25, 0.3) is 10.0 Å². The van der Waals surface area contributed by atoms with Crippen LogP contribution in [-0.4, -0.2) is 31.2 Å². The highest BCUT2D eigenvalue weighted by molar-refractivity contribution is 7.91. The standard InChI is InChI=1S/C24H22ClF3N2O3S2/c1-15(17-4-2-5-18(14-17)16-7-9-19(10-8-16)24(26,27)28)29-23(31)20-6-3-13-30(20)35(32,33)22-12-11-21(25)34-22/h2,4-5,7-12,14-15,20H,3,6,13H2,1H3,(H,29,31). The predicted molar refractivity (Wildman–Crippen MR) is 130 cm³/mol. The molecule has 2 aromatic carbocycles. The van der Waals surface area contributed by atoms with Crippen LogP contribution in [-0.2, 0) is 21.0 Å². The van der Waals surface area contributed by atoms with Gasteiger partial charge in [0.1, 0.15) is 10.3 Å². The van der Waals surface area contributed by atoms with Crippen molar-refractivity contribution in [2.24, 2.45) is 0 Å². The van der Waals surface area contributed by atoms with Crippen molar-refractivity contribution in [2.45, 2.75) is 42.2 Å². The molecule has 0 bridgehead atoms. The topological polar surface area (TPSA) is 66.5 Å². The van der Waals surface area contributed by atoms with Crippen molar-refractivity contribution >= 4 is 38.9 Å². The Hall–Kier alpha value is -2.40. The minimum Gasteiger partial charge on any atom is -0.348 e. The van der Waals surface area contributed by atoms with E-state index in [0.29, 0.717) is 28.3 Å². The molecule has 5 nitrogen and oxygen atoms in total. The van der Waals surface area contributed by atoms with Gasteiger partial charge in [0, 0.05) is 6.54 Å². The van der Waals surface area contributed by atoms with Crippen molar-refractivity contribution in [3.63, 3.8) is 0 Å². The Kier molecular flexibility index (Phi) is 7.28. The van der Waals surface area contributed by atoms with Crippen molar-refractivity contribution in [2.75, 3.05) is 6.54 Å². The summed E-state index contributed by atoms with van der Waals surface area (Å²) in [6, 6.07) is 13.7. The lowest BCUT2D eigenvalue weighted by molar-refractivity contribution is -0.137. The van der Waals surface area contributed by atoms with Crippen LogP contribution in [0.25, 0.3) is 11.1 Å². The molecule has 1 saturated heterocycles. The normalized spacial score (nSPS) is 17.9. The number of carbonyl (C=O) groups excluding carboxylic acids is 1. The zero-order valence-corrected chi connectivity index (χ0v) is 20.9. The molecule has 4 rings (SSSR count). The summed E-state index contributed by atoms with van der Waals surface area (Å²) in [6.45, 7) is 2.02. The molecule has 0 spiro atoms. The quantitative estimate of drug-likeness (QED) is 0.408. The highest BCUT2D eigenvalue weighted by Gasteiger charge is 2.40. The summed E-state index contributed by atoms with van der Waals surface area (Å²) < 4.78 is 66.3. The monoisotopic (exact) mass is 542 g/mol. The second-order valence-corrected chi connectivity index (χ2v) is 12.1. The van der Waals surface area contributed by atoms with Crippen molar-refractivity contribution in [3.8, 4) is 11.1 Å². The maximum Gasteiger partial charge on any atom is 0.416 e. The van der Waals surface area contributed by atoms with Gasteiger partial charge in [0.2, 0.25) is 5.91 Å². The van der Waals surface area contributed by atoms with Crippen LogP contribution >= 0.6 is 22.9 Å². The molecule has 35 heavy (non-hydrogen) atoms. The number of benzene rings is 2. The average Bonchev–Trinajstić information content (AvgIpc) is 3.49. The summed E-state index contributed by atoms with van der Waals surface area (Å²) in [5.74, 6) is -0.402. The lowest BCUT2D eigenvalue weighted by Crippen LogP contribution is -2.46. The van der Waals surface area contributed by atoms with Gasteiger partial charge in [-0.2, -0.15) is 17.5 Å². The predicted octanol–water partition coefficient (Wildman–Crippen LogP) is 6.12. The number of rotatable bonds is 6. The number of carbonyl (C=O) groups is 1. The fraction of sp³-hybridized carbons (Fsp3) is 0.292. The van der Waals surface area contributed by atoms with Gasteiger partial charge in [-0.3, -0.25) is 4.79 Å². The molecule has 1 amide bonds. The van der Waals surface area contributed by atoms with Crippen molar-refractivity contribution in [1.82, 2.24) is 9.62 Å². The number of thiophene rings is 1. The lowest BCUT2D eigenvalue weighted by Gasteiger charge is -2.24. The molecule has 2 unspecified atom stereocenters. The van der Waals surface area contributed by atoms with E-state index in [0.717, 1.165) is 29.0 Å². The minimum atomic E-state index is -4.41. The molecule has 1 N–H and O–H groups in total. The molecule has 2 heterocycles. The Morgan fingerprint density at radius 3 is 2.46 bits per heavy atom. The summed E-state index contributed by atoms with van der Waals surface area (Å²) in [6.07, 6.45) is -3.44. The van der Waals surface area contributed by atoms with Gasteiger partial charge < -0.3 is 5.32 Å². The highest BCUT2D eigenvalue weighted by Crippen LogP contribution is 2.33. The van der Waals surface area contributed by atoms with E-state index in [2.05, 4.69) is 5.32 Å². The van der Waals surface area contributed by atoms with Crippen LogP contribution in [0.5, 0.6) is 0 Å². The highest BCUT2D eigenvalue weighted by atomic mass is 35.5. The second kappa shape index (κ2) is 9.93. The number of hydrogen-bond donors (Lipinski definition) is 1. The Bertz CT molecular complexity index is 1320. The van der Waals surface area contributed by atoms with Gasteiger partial charge in [-0.25, -0.2) is 8.42 Å². The van der Waals surface area contributed by atoms with E-state index >= 15 is 0 Å². The maximum absolute atomic E-state index is 13.1. The van der Waals surface area contributed by atoms with Gasteiger partial charge in [0.15, 0.2) is 0 Å². The first-order valence-electron chi connectivity index (χ1n) is 10.8. The van der Waals surface area contributed by atoms with Crippen molar-refractivity contribution in [1.29, 1.82) is 0 Å². The van der Waals surface area contributed by atoms with Crippen molar-refractivity contribution in [3.05, 3.63) is 76.1 Å². The molecule has 1 fully saturated rings. The largest absolute Gasteiger partial charge is 0.416 e. The van der Waals surface area contributed by atoms with Crippen LogP contribution in [0.2, 0.25) is 4.34 Å². The van der Waals surface area contributed by atoms with E-state index in [4.69, 9.17) is 11.6 Å². The zero-order chi connectivity index (χ0) is 25.4. The molecular formula is C24H22ClF3N2O3S2. The molecule has 2 atom stereocenters. The number of nitrogens with zero attached hydrogens (tertiary/aromatic N) is 1. The van der Waals surface area contributed by atoms with Gasteiger partial charge >= 0.3 is 6.18 Å². The number of amides is 1. The number of alkyl halides is 3. The van der Waals surface area contributed by atoms with E-state index in [9.17, 15) is 26.4 Å². The lowest BCUT2D eigenvalue weighted by atomic mass is 9.99. The summed E-state index contributed by atoms with van der Waals surface area (Å²) >= 11 is 6.85. The Morgan fingerprint density at radius 2 is 1.83 bits per heavy atom. The van der Waals surface area contributed by atoms with E-state index < -0.39 is 39.8 Å². The van der Waals surface area contributed by atoms with E-state index in [-0.39, 0.29) is 10.8 Å². The zero-order valence-electron chi connectivity index (χ0n) is 18.5. The van der Waals surface area contributed by atoms with Gasteiger partial charge in [-0.1, -0.05) is 41.9 Å². The maximum atomic E-state index is 13.1. The number of nitrogens with one attached hydrogen (secondary N) is 1. The van der Waals surface area contributed by atoms with Crippen molar-refractivity contribution < 1.29 is 26.4 Å². The van der Waals surface area contributed by atoms with E-state index in [1.165, 1.54) is 28.6 Å². The number of sulfonamides is 1. The smallest absolute Gasteiger partial charge is 0.348 e. The molecule has 1 aromatic heterocycles. The molecule has 1 aliphatic heterocycles. The summed E-state index contributed by atoms with van der Waals surface area (Å²) in [5.41, 5.74) is 1.34. The molecule has 0 saturated carbocycles.